The Labute approximate surface area is 839 Å². The predicted molar refractivity (Wildman–Crippen MR) is 553 cm³/mol. The van der Waals surface area contributed by atoms with Crippen LogP contribution >= 0.6 is 11.3 Å². The van der Waals surface area contributed by atoms with E-state index >= 15 is 0 Å². The number of methoxy groups -OCH3 is 2. The molecule has 16 aromatic rings. The van der Waals surface area contributed by atoms with Crippen molar-refractivity contribution in [2.24, 2.45) is 0 Å². The molecule has 696 valence electrons. The number of benzene rings is 4. The normalized spacial score (nSPS) is 11.7. The Kier molecular flexibility index (Phi) is 34.4. The van der Waals surface area contributed by atoms with E-state index in [9.17, 15) is 0 Å². The summed E-state index contributed by atoms with van der Waals surface area (Å²) in [5, 5.41) is 92.2. The van der Waals surface area contributed by atoms with Crippen LogP contribution in [-0.2, 0) is 6.54 Å². The van der Waals surface area contributed by atoms with Crippen LogP contribution in [0, 0.1) is 146 Å². The third kappa shape index (κ3) is 25.0. The topological polar surface area (TPSA) is 414 Å². The van der Waals surface area contributed by atoms with Crippen molar-refractivity contribution in [3.8, 4) is 161 Å². The lowest BCUT2D eigenvalue weighted by molar-refractivity contribution is 0.403. The molecule has 0 atom stereocenters. The van der Waals surface area contributed by atoms with Crippen LogP contribution in [0.1, 0.15) is 66.4 Å². The molecule has 146 heavy (non-hydrogen) atoms. The lowest BCUT2D eigenvalue weighted by atomic mass is 9.98. The minimum absolute atomic E-state index is 0.00602. The monoisotopic (exact) mass is 1920 g/mol. The van der Waals surface area contributed by atoms with E-state index in [2.05, 4.69) is 78.2 Å². The second kappa shape index (κ2) is 49.8. The van der Waals surface area contributed by atoms with Crippen molar-refractivity contribution < 1.29 is 53.6 Å². The molecule has 12 heterocycles. The molecule has 0 fully saturated rings. The Bertz CT molecular complexity index is 8430. The summed E-state index contributed by atoms with van der Waals surface area (Å²) >= 11 is 1.51. The van der Waals surface area contributed by atoms with Gasteiger partial charge in [0.2, 0.25) is 0 Å². The zero-order chi connectivity index (χ0) is 103. The van der Waals surface area contributed by atoms with Crippen LogP contribution in [0.5, 0.6) is 11.5 Å². The summed E-state index contributed by atoms with van der Waals surface area (Å²) in [5.41, 5.74) is 8.77. The molecule has 28 nitrogen and oxygen atoms in total. The highest BCUT2D eigenvalue weighted by atomic mass is 32.1. The maximum Gasteiger partial charge on any atom is 0.261 e. The lowest BCUT2D eigenvalue weighted by Crippen LogP contribution is -1.96. The van der Waals surface area contributed by atoms with Gasteiger partial charge >= 0.3 is 0 Å². The van der Waals surface area contributed by atoms with E-state index in [4.69, 9.17) is 139 Å². The average molecular weight is 1920 g/mol. The number of allylic oxidation sites excluding steroid dienone is 24. The fourth-order valence-electron chi connectivity index (χ4n) is 14.2. The number of hydrogen-bond acceptors (Lipinski definition) is 23. The number of aromatic nitrogens is 1. The van der Waals surface area contributed by atoms with Gasteiger partial charge in [-0.1, -0.05) is 79.8 Å². The molecule has 0 aliphatic rings. The number of rotatable bonds is 28. The van der Waals surface area contributed by atoms with Crippen LogP contribution in [0.25, 0.3) is 206 Å². The molecule has 0 saturated heterocycles. The van der Waals surface area contributed by atoms with Gasteiger partial charge in [0.05, 0.1) is 128 Å². The fraction of sp³-hybridized carbons (Fsp3) is 0.0513. The van der Waals surface area contributed by atoms with E-state index in [0.717, 1.165) is 89.1 Å². The fourth-order valence-corrected chi connectivity index (χ4v) is 15.2. The number of fused-ring (bicyclic) bond motifs is 5. The highest BCUT2D eigenvalue weighted by Crippen LogP contribution is 2.48. The van der Waals surface area contributed by atoms with Crippen molar-refractivity contribution in [3.63, 3.8) is 0 Å². The van der Waals surface area contributed by atoms with Crippen molar-refractivity contribution in [1.82, 2.24) is 4.57 Å². The number of thiophene rings is 1. The molecule has 12 aromatic heterocycles. The van der Waals surface area contributed by atoms with Gasteiger partial charge in [-0.25, -0.2) is 50.5 Å². The van der Waals surface area contributed by atoms with Crippen LogP contribution in [0.2, 0.25) is 0 Å². The summed E-state index contributed by atoms with van der Waals surface area (Å²) in [5.74, 6) is 10.9. The summed E-state index contributed by atoms with van der Waals surface area (Å²) in [6.07, 6.45) is 42.4. The molecule has 0 spiro atoms. The molecule has 0 amide bonds. The lowest BCUT2D eigenvalue weighted by Gasteiger charge is -2.12. The van der Waals surface area contributed by atoms with Crippen molar-refractivity contribution in [3.05, 3.63) is 428 Å². The largest absolute Gasteiger partial charge is 0.496 e. The van der Waals surface area contributed by atoms with E-state index in [-0.39, 0.29) is 39.6 Å². The van der Waals surface area contributed by atoms with Crippen molar-refractivity contribution in [1.29, 1.82) is 52.6 Å². The molecule has 0 saturated carbocycles. The molecule has 0 bridgehead atoms. The maximum atomic E-state index is 8.90. The molecule has 0 radical (unpaired) electrons. The SMILES string of the molecule is COc1cc(-c2ccc(/C=C/C=C(C#N)C#N)o2)c(OC)cc1-c1ccc(/C=C/C=C(C#N)C#N)o1.[C-]#[N+]/C(C#N)=C/C=C/c1ccc(-c2c3ccoc3c(-c3ccc(/C=C/C=C(/C)C#N)o3)c3ccoc23)o1.[C-]#[N+]/C(C#N)=C\C=C\c1ccc(-c2ccc(-c3ccc(/C=C/C=C(\C#N)[N+]#[C-])o3)s2)o1.[C-]#[N+]/C(C#N)=C\C=C\c1ccc(-c2ccc3c4ccc(-c5ccc(/C=C/C=C(\C#N)[N+]#[C-])o5)cc4n(CCC)c3c2)o1. The molecule has 4 aromatic carbocycles. The Morgan fingerprint density at radius 2 is 0.610 bits per heavy atom. The van der Waals surface area contributed by atoms with Gasteiger partial charge in [-0.15, -0.1) is 11.3 Å². The number of furan rings is 10. The number of nitrogens with zero attached hydrogens (tertiary/aromatic N) is 16. The molecule has 0 aliphatic carbocycles. The van der Waals surface area contributed by atoms with Gasteiger partial charge in [-0.05, 0) is 256 Å². The molecule has 16 rings (SSSR count). The van der Waals surface area contributed by atoms with Crippen LogP contribution in [0.3, 0.4) is 0 Å². The number of ether oxygens (including phenoxy) is 2. The first-order valence-corrected chi connectivity index (χ1v) is 44.3. The van der Waals surface area contributed by atoms with E-state index in [1.165, 1.54) is 53.9 Å². The van der Waals surface area contributed by atoms with Gasteiger partial charge < -0.3 is 58.2 Å². The zero-order valence-electron chi connectivity index (χ0n) is 77.6. The summed E-state index contributed by atoms with van der Waals surface area (Å²) in [6.45, 7) is 39.3. The minimum Gasteiger partial charge on any atom is -0.496 e. The highest BCUT2D eigenvalue weighted by molar-refractivity contribution is 7.18. The predicted octanol–water partition coefficient (Wildman–Crippen LogP) is 31.1. The zero-order valence-corrected chi connectivity index (χ0v) is 78.4. The van der Waals surface area contributed by atoms with Crippen molar-refractivity contribution >= 4 is 104 Å². The Morgan fingerprint density at radius 1 is 0.322 bits per heavy atom. The average Bonchev–Trinajstić information content (AvgIpc) is 1.57. The Hall–Kier alpha value is -22.5. The van der Waals surface area contributed by atoms with E-state index in [1.807, 2.05) is 109 Å². The van der Waals surface area contributed by atoms with Gasteiger partial charge in [0, 0.05) is 55.8 Å². The van der Waals surface area contributed by atoms with Gasteiger partial charge in [0.15, 0.2) is 0 Å². The first kappa shape index (κ1) is 101. The summed E-state index contributed by atoms with van der Waals surface area (Å²) in [4.78, 5) is 17.4. The summed E-state index contributed by atoms with van der Waals surface area (Å²) in [6, 6.07) is 71.3. The van der Waals surface area contributed by atoms with E-state index < -0.39 is 0 Å². The number of aryl methyl sites for hydroxylation is 1. The third-order valence-electron chi connectivity index (χ3n) is 20.9. The smallest absolute Gasteiger partial charge is 0.261 e. The van der Waals surface area contributed by atoms with Crippen LogP contribution in [0.4, 0.5) is 0 Å². The second-order valence-electron chi connectivity index (χ2n) is 30.0. The van der Waals surface area contributed by atoms with Gasteiger partial charge in [-0.3, -0.25) is 0 Å². The Morgan fingerprint density at radius 3 is 0.911 bits per heavy atom. The van der Waals surface area contributed by atoms with Crippen molar-refractivity contribution in [2.45, 2.75) is 26.8 Å². The van der Waals surface area contributed by atoms with E-state index in [1.54, 1.807) is 216 Å². The van der Waals surface area contributed by atoms with Crippen LogP contribution < -0.4 is 9.47 Å². The van der Waals surface area contributed by atoms with E-state index in [0.29, 0.717) is 120 Å². The molecular weight excluding hydrogens is 1850 g/mol. The van der Waals surface area contributed by atoms with Gasteiger partial charge in [0.25, 0.3) is 28.5 Å². The van der Waals surface area contributed by atoms with Gasteiger partial charge in [-0.2, -0.15) is 26.3 Å². The maximum absolute atomic E-state index is 8.90. The highest BCUT2D eigenvalue weighted by Gasteiger charge is 2.26. The first-order valence-electron chi connectivity index (χ1n) is 43.5. The standard InChI is InChI=1S/C35H23N5O2.C30H17N3O4.C28H18N4O4.C24H12N4O2S/c1-4-19-40-32-20-24(34-17-13-28(41-34)9-5-7-26(22-36)38-2)11-15-30(32)31-16-12-25(21-33(31)40)35-18-14-29(42-35)10-6-8-27(23-37)39-3;1-19(17-31)5-3-7-21-9-11-25(36-21)27-23-13-15-35-30(23)28(24-14-16-34-29(24)27)26-12-10-22(37-26)8-4-6-20(18-32)33-2;1-33-27-13-24(26-12-10-22(36-26)8-4-6-20(17-31)18-32)28(34-2)14-23(27)25-11-9-21(35-25)7-3-5-19(15-29)16-30;1-27-17(15-25)5-3-7-19-9-11-21(29-19)23-13-14-24(31-23)22-12-10-20(30-22)8-4-6-18(16-26)28-2/h5-18,20-21H,4,19H2,1H3;3-16H,1H3;3-14H,1-2H3;3-14H/b9-5+,10-6+,26-7-,27-8+;7-3+,8-4+,19-5-,20-6+;7-3+,8-4+;7-3+,8-4+,17-5-,18-6+. The van der Waals surface area contributed by atoms with Crippen LogP contribution in [-0.4, -0.2) is 18.8 Å². The molecule has 0 aliphatic heterocycles. The minimum atomic E-state index is -0.0126. The van der Waals surface area contributed by atoms with Crippen LogP contribution in [0.15, 0.2) is 369 Å². The number of nitriles is 10. The molecule has 29 heteroatoms. The number of hydrogen-bond donors (Lipinski definition) is 0. The summed E-state index contributed by atoms with van der Waals surface area (Å²) in [7, 11) is 3.08. The van der Waals surface area contributed by atoms with Gasteiger partial charge in [0.1, 0.15) is 150 Å². The summed E-state index contributed by atoms with van der Waals surface area (Å²) < 4.78 is 73.0. The molecular formula is C117H70N16O12S. The Balaban J connectivity index is 0.000000164. The molecule has 0 N–H and O–H groups in total. The second-order valence-corrected chi connectivity index (χ2v) is 31.1. The molecule has 0 unspecified atom stereocenters. The first-order chi connectivity index (χ1) is 71.4. The quantitative estimate of drug-likeness (QED) is 0.0250. The third-order valence-corrected chi connectivity index (χ3v) is 22.0. The van der Waals surface area contributed by atoms with Crippen molar-refractivity contribution in [2.75, 3.05) is 14.2 Å².